The fraction of sp³-hybridized carbons (Fsp3) is 1.00. The normalized spacial score (nSPS) is 19.9. The molecule has 1 N–H and O–H groups in total. The first kappa shape index (κ1) is 14.0. The first-order valence-corrected chi connectivity index (χ1v) is 7.16. The van der Waals surface area contributed by atoms with E-state index < -0.39 is 0 Å². The Hall–Kier alpha value is -0.0400. The first-order valence-electron chi connectivity index (χ1n) is 7.16. The van der Waals surface area contributed by atoms with Gasteiger partial charge in [-0.3, -0.25) is 0 Å². The SMILES string of the molecule is CCC(CC)CC1(CNC(C)(C)C)CCC1. The van der Waals surface area contributed by atoms with Crippen LogP contribution < -0.4 is 5.32 Å². The van der Waals surface area contributed by atoms with Crippen molar-refractivity contribution < 1.29 is 0 Å². The van der Waals surface area contributed by atoms with Crippen molar-refractivity contribution in [3.05, 3.63) is 0 Å². The lowest BCUT2D eigenvalue weighted by atomic mass is 9.63. The Morgan fingerprint density at radius 2 is 1.69 bits per heavy atom. The van der Waals surface area contributed by atoms with Crippen LogP contribution in [0.2, 0.25) is 0 Å². The summed E-state index contributed by atoms with van der Waals surface area (Å²) < 4.78 is 0. The molecule has 0 radical (unpaired) electrons. The van der Waals surface area contributed by atoms with E-state index in [0.29, 0.717) is 5.41 Å². The fourth-order valence-electron chi connectivity index (χ4n) is 2.77. The van der Waals surface area contributed by atoms with Gasteiger partial charge in [0.2, 0.25) is 0 Å². The molecule has 1 saturated carbocycles. The van der Waals surface area contributed by atoms with Crippen LogP contribution in [0.3, 0.4) is 0 Å². The molecule has 1 heteroatoms. The highest BCUT2D eigenvalue weighted by Crippen LogP contribution is 2.46. The Bertz CT molecular complexity index is 194. The van der Waals surface area contributed by atoms with Crippen LogP contribution in [0, 0.1) is 11.3 Å². The number of nitrogens with one attached hydrogen (secondary N) is 1. The monoisotopic (exact) mass is 225 g/mol. The van der Waals surface area contributed by atoms with Gasteiger partial charge in [0, 0.05) is 12.1 Å². The van der Waals surface area contributed by atoms with E-state index in [9.17, 15) is 0 Å². The molecule has 0 heterocycles. The van der Waals surface area contributed by atoms with Gasteiger partial charge >= 0.3 is 0 Å². The summed E-state index contributed by atoms with van der Waals surface area (Å²) in [4.78, 5) is 0. The predicted octanol–water partition coefficient (Wildman–Crippen LogP) is 4.37. The van der Waals surface area contributed by atoms with Crippen molar-refractivity contribution in [2.45, 2.75) is 78.7 Å². The van der Waals surface area contributed by atoms with Crippen molar-refractivity contribution in [1.29, 1.82) is 0 Å². The lowest BCUT2D eigenvalue weighted by Gasteiger charge is -2.46. The van der Waals surface area contributed by atoms with Gasteiger partial charge in [-0.05, 0) is 51.4 Å². The summed E-state index contributed by atoms with van der Waals surface area (Å²) in [6.07, 6.45) is 8.51. The smallest absolute Gasteiger partial charge is 0.00967 e. The summed E-state index contributed by atoms with van der Waals surface area (Å²) in [7, 11) is 0. The van der Waals surface area contributed by atoms with Crippen LogP contribution in [-0.4, -0.2) is 12.1 Å². The third kappa shape index (κ3) is 4.08. The molecule has 1 nitrogen and oxygen atoms in total. The van der Waals surface area contributed by atoms with E-state index in [1.54, 1.807) is 0 Å². The summed E-state index contributed by atoms with van der Waals surface area (Å²) >= 11 is 0. The molecule has 0 atom stereocenters. The minimum Gasteiger partial charge on any atom is -0.312 e. The van der Waals surface area contributed by atoms with Crippen molar-refractivity contribution in [3.63, 3.8) is 0 Å². The van der Waals surface area contributed by atoms with Gasteiger partial charge in [0.05, 0.1) is 0 Å². The van der Waals surface area contributed by atoms with Crippen LogP contribution >= 0.6 is 0 Å². The lowest BCUT2D eigenvalue weighted by Crippen LogP contribution is -2.47. The van der Waals surface area contributed by atoms with Crippen molar-refractivity contribution >= 4 is 0 Å². The van der Waals surface area contributed by atoms with Gasteiger partial charge in [0.25, 0.3) is 0 Å². The zero-order valence-corrected chi connectivity index (χ0v) is 12.0. The first-order chi connectivity index (χ1) is 7.41. The molecule has 1 fully saturated rings. The summed E-state index contributed by atoms with van der Waals surface area (Å²) in [5.41, 5.74) is 0.917. The van der Waals surface area contributed by atoms with Gasteiger partial charge in [0.1, 0.15) is 0 Å². The van der Waals surface area contributed by atoms with E-state index in [4.69, 9.17) is 0 Å². The molecule has 0 aromatic carbocycles. The van der Waals surface area contributed by atoms with Crippen LogP contribution in [-0.2, 0) is 0 Å². The van der Waals surface area contributed by atoms with Crippen LogP contribution in [0.5, 0.6) is 0 Å². The van der Waals surface area contributed by atoms with Crippen molar-refractivity contribution in [1.82, 2.24) is 5.32 Å². The number of rotatable bonds is 6. The van der Waals surface area contributed by atoms with Gasteiger partial charge in [0.15, 0.2) is 0 Å². The van der Waals surface area contributed by atoms with E-state index in [-0.39, 0.29) is 5.54 Å². The van der Waals surface area contributed by atoms with E-state index in [1.807, 2.05) is 0 Å². The molecule has 0 spiro atoms. The second-order valence-electron chi connectivity index (χ2n) is 6.84. The maximum absolute atomic E-state index is 3.72. The molecule has 0 saturated heterocycles. The van der Waals surface area contributed by atoms with Crippen molar-refractivity contribution in [2.75, 3.05) is 6.54 Å². The summed E-state index contributed by atoms with van der Waals surface area (Å²) in [6.45, 7) is 12.7. The summed E-state index contributed by atoms with van der Waals surface area (Å²) in [5.74, 6) is 0.946. The number of hydrogen-bond donors (Lipinski definition) is 1. The van der Waals surface area contributed by atoms with Crippen molar-refractivity contribution in [3.8, 4) is 0 Å². The van der Waals surface area contributed by atoms with Crippen LogP contribution in [0.15, 0.2) is 0 Å². The maximum Gasteiger partial charge on any atom is 0.00967 e. The molecule has 0 bridgehead atoms. The molecule has 0 aromatic rings. The second-order valence-corrected chi connectivity index (χ2v) is 6.84. The predicted molar refractivity (Wildman–Crippen MR) is 72.7 cm³/mol. The summed E-state index contributed by atoms with van der Waals surface area (Å²) in [6, 6.07) is 0. The third-order valence-corrected chi connectivity index (χ3v) is 4.28. The average Bonchev–Trinajstić information content (AvgIpc) is 2.15. The van der Waals surface area contributed by atoms with Gasteiger partial charge in [-0.2, -0.15) is 0 Å². The summed E-state index contributed by atoms with van der Waals surface area (Å²) in [5, 5.41) is 3.72. The largest absolute Gasteiger partial charge is 0.312 e. The third-order valence-electron chi connectivity index (χ3n) is 4.28. The molecule has 1 aliphatic rings. The number of hydrogen-bond acceptors (Lipinski definition) is 1. The van der Waals surface area contributed by atoms with Gasteiger partial charge in [-0.25, -0.2) is 0 Å². The molecule has 16 heavy (non-hydrogen) atoms. The molecule has 1 aliphatic carbocycles. The van der Waals surface area contributed by atoms with Gasteiger partial charge < -0.3 is 5.32 Å². The van der Waals surface area contributed by atoms with E-state index >= 15 is 0 Å². The minimum absolute atomic E-state index is 0.274. The average molecular weight is 225 g/mol. The second kappa shape index (κ2) is 5.53. The van der Waals surface area contributed by atoms with Gasteiger partial charge in [-0.15, -0.1) is 0 Å². The highest BCUT2D eigenvalue weighted by atomic mass is 15.0. The topological polar surface area (TPSA) is 12.0 Å². The highest BCUT2D eigenvalue weighted by Gasteiger charge is 2.38. The van der Waals surface area contributed by atoms with E-state index in [2.05, 4.69) is 39.9 Å². The Labute approximate surface area is 102 Å². The maximum atomic E-state index is 3.72. The molecular weight excluding hydrogens is 194 g/mol. The van der Waals surface area contributed by atoms with Crippen LogP contribution in [0.4, 0.5) is 0 Å². The Morgan fingerprint density at radius 3 is 2.00 bits per heavy atom. The van der Waals surface area contributed by atoms with Crippen molar-refractivity contribution in [2.24, 2.45) is 11.3 Å². The molecule has 0 aliphatic heterocycles. The molecule has 0 amide bonds. The molecular formula is C15H31N. The fourth-order valence-corrected chi connectivity index (χ4v) is 2.77. The quantitative estimate of drug-likeness (QED) is 0.708. The molecule has 1 rings (SSSR count). The highest BCUT2D eigenvalue weighted by molar-refractivity contribution is 4.92. The standard InChI is InChI=1S/C15H31N/c1-6-13(7-2)11-15(9-8-10-15)12-16-14(3,4)5/h13,16H,6-12H2,1-5H3. The lowest BCUT2D eigenvalue weighted by molar-refractivity contribution is 0.0801. The minimum atomic E-state index is 0.274. The van der Waals surface area contributed by atoms with E-state index in [1.165, 1.54) is 45.1 Å². The molecule has 0 aromatic heterocycles. The van der Waals surface area contributed by atoms with E-state index in [0.717, 1.165) is 5.92 Å². The zero-order valence-electron chi connectivity index (χ0n) is 12.0. The molecule has 0 unspecified atom stereocenters. The van der Waals surface area contributed by atoms with Crippen LogP contribution in [0.25, 0.3) is 0 Å². The molecule has 96 valence electrons. The Morgan fingerprint density at radius 1 is 1.12 bits per heavy atom. The Kier molecular flexibility index (Phi) is 4.85. The zero-order chi connectivity index (χ0) is 12.2. The van der Waals surface area contributed by atoms with Crippen LogP contribution in [0.1, 0.15) is 73.1 Å². The van der Waals surface area contributed by atoms with Gasteiger partial charge in [-0.1, -0.05) is 33.1 Å². The Balaban J connectivity index is 2.44.